The number of hydrogen-bond acceptors (Lipinski definition) is 5. The third kappa shape index (κ3) is 4.78. The van der Waals surface area contributed by atoms with Crippen molar-refractivity contribution in [2.75, 3.05) is 39.8 Å². The molecule has 1 fully saturated rings. The lowest BCUT2D eigenvalue weighted by Gasteiger charge is -2.25. The standard InChI is InChI=1S/C15H22N4O3/c1-18(9-12-2-4-16-5-3-12)11-14(20)19-7-6-17-8-13(10-19)15(21)22/h2-5,13,17H,6-11H2,1H3,(H,21,22)/t13-/m1/s1. The summed E-state index contributed by atoms with van der Waals surface area (Å²) >= 11 is 0. The van der Waals surface area contributed by atoms with Gasteiger partial charge < -0.3 is 15.3 Å². The molecule has 120 valence electrons. The molecule has 0 bridgehead atoms. The molecule has 2 rings (SSSR count). The molecule has 1 aromatic rings. The Morgan fingerprint density at radius 1 is 1.45 bits per heavy atom. The van der Waals surface area contributed by atoms with E-state index in [1.807, 2.05) is 24.1 Å². The number of carbonyl (C=O) groups is 2. The van der Waals surface area contributed by atoms with Crippen molar-refractivity contribution in [1.29, 1.82) is 0 Å². The van der Waals surface area contributed by atoms with E-state index >= 15 is 0 Å². The van der Waals surface area contributed by atoms with E-state index in [0.717, 1.165) is 5.56 Å². The van der Waals surface area contributed by atoms with Crippen LogP contribution < -0.4 is 5.32 Å². The van der Waals surface area contributed by atoms with Crippen LogP contribution in [-0.4, -0.2) is 71.5 Å². The number of rotatable bonds is 5. The van der Waals surface area contributed by atoms with Gasteiger partial charge in [0.2, 0.25) is 5.91 Å². The Balaban J connectivity index is 1.88. The van der Waals surface area contributed by atoms with Crippen LogP contribution in [-0.2, 0) is 16.1 Å². The maximum atomic E-state index is 12.4. The van der Waals surface area contributed by atoms with E-state index in [0.29, 0.717) is 26.2 Å². The second kappa shape index (κ2) is 7.86. The van der Waals surface area contributed by atoms with Crippen molar-refractivity contribution in [3.05, 3.63) is 30.1 Å². The minimum absolute atomic E-state index is 0.0356. The van der Waals surface area contributed by atoms with Crippen LogP contribution in [0.25, 0.3) is 0 Å². The SMILES string of the molecule is CN(CC(=O)N1CCNC[C@@H](C(=O)O)C1)Cc1ccncc1. The predicted molar refractivity (Wildman–Crippen MR) is 81.1 cm³/mol. The third-order valence-electron chi connectivity index (χ3n) is 3.70. The van der Waals surface area contributed by atoms with Gasteiger partial charge in [-0.2, -0.15) is 0 Å². The van der Waals surface area contributed by atoms with Crippen molar-refractivity contribution >= 4 is 11.9 Å². The fraction of sp³-hybridized carbons (Fsp3) is 0.533. The number of carboxylic acids is 1. The second-order valence-electron chi connectivity index (χ2n) is 5.61. The summed E-state index contributed by atoms with van der Waals surface area (Å²) in [6.07, 6.45) is 3.45. The van der Waals surface area contributed by atoms with Crippen LogP contribution >= 0.6 is 0 Å². The number of amides is 1. The summed E-state index contributed by atoms with van der Waals surface area (Å²) in [6, 6.07) is 3.83. The first kappa shape index (κ1) is 16.4. The zero-order valence-electron chi connectivity index (χ0n) is 12.7. The van der Waals surface area contributed by atoms with Crippen LogP contribution in [0.15, 0.2) is 24.5 Å². The summed E-state index contributed by atoms with van der Waals surface area (Å²) in [7, 11) is 1.88. The average Bonchev–Trinajstić information content (AvgIpc) is 2.74. The molecule has 1 aliphatic rings. The molecule has 7 nitrogen and oxygen atoms in total. The third-order valence-corrected chi connectivity index (χ3v) is 3.70. The van der Waals surface area contributed by atoms with Crippen molar-refractivity contribution < 1.29 is 14.7 Å². The van der Waals surface area contributed by atoms with Gasteiger partial charge in [-0.05, 0) is 24.7 Å². The van der Waals surface area contributed by atoms with E-state index in [4.69, 9.17) is 5.11 Å². The van der Waals surface area contributed by atoms with Gasteiger partial charge >= 0.3 is 5.97 Å². The topological polar surface area (TPSA) is 85.8 Å². The first-order chi connectivity index (χ1) is 10.6. The molecule has 2 heterocycles. The number of aromatic nitrogens is 1. The van der Waals surface area contributed by atoms with Crippen LogP contribution in [0.4, 0.5) is 0 Å². The Hall–Kier alpha value is -1.99. The minimum Gasteiger partial charge on any atom is -0.481 e. The van der Waals surface area contributed by atoms with Crippen molar-refractivity contribution in [2.24, 2.45) is 5.92 Å². The van der Waals surface area contributed by atoms with E-state index in [1.165, 1.54) is 0 Å². The Labute approximate surface area is 129 Å². The molecule has 0 spiro atoms. The van der Waals surface area contributed by atoms with Gasteiger partial charge in [0.1, 0.15) is 0 Å². The van der Waals surface area contributed by atoms with Gasteiger partial charge in [-0.15, -0.1) is 0 Å². The maximum absolute atomic E-state index is 12.4. The minimum atomic E-state index is -0.864. The fourth-order valence-electron chi connectivity index (χ4n) is 2.49. The maximum Gasteiger partial charge on any atom is 0.309 e. The van der Waals surface area contributed by atoms with Gasteiger partial charge in [-0.3, -0.25) is 19.5 Å². The van der Waals surface area contributed by atoms with Crippen LogP contribution in [0.2, 0.25) is 0 Å². The highest BCUT2D eigenvalue weighted by molar-refractivity contribution is 5.79. The van der Waals surface area contributed by atoms with Gasteiger partial charge in [0.05, 0.1) is 12.5 Å². The summed E-state index contributed by atoms with van der Waals surface area (Å²) in [5.41, 5.74) is 1.09. The monoisotopic (exact) mass is 306 g/mol. The van der Waals surface area contributed by atoms with Gasteiger partial charge in [0.15, 0.2) is 0 Å². The van der Waals surface area contributed by atoms with Crippen LogP contribution in [0.1, 0.15) is 5.56 Å². The summed E-state index contributed by atoms with van der Waals surface area (Å²) in [4.78, 5) is 31.0. The number of nitrogens with zero attached hydrogens (tertiary/aromatic N) is 3. The van der Waals surface area contributed by atoms with E-state index in [9.17, 15) is 9.59 Å². The summed E-state index contributed by atoms with van der Waals surface area (Å²) < 4.78 is 0. The fourth-order valence-corrected chi connectivity index (χ4v) is 2.49. The Morgan fingerprint density at radius 3 is 2.86 bits per heavy atom. The number of carboxylic acid groups (broad SMARTS) is 1. The van der Waals surface area contributed by atoms with Gasteiger partial charge in [0.25, 0.3) is 0 Å². The largest absolute Gasteiger partial charge is 0.481 e. The first-order valence-corrected chi connectivity index (χ1v) is 7.35. The highest BCUT2D eigenvalue weighted by Crippen LogP contribution is 2.06. The number of carbonyl (C=O) groups excluding carboxylic acids is 1. The summed E-state index contributed by atoms with van der Waals surface area (Å²) in [6.45, 7) is 2.78. The molecule has 7 heteroatoms. The number of hydrogen-bond donors (Lipinski definition) is 2. The quantitative estimate of drug-likeness (QED) is 0.773. The van der Waals surface area contributed by atoms with Crippen LogP contribution in [0, 0.1) is 5.92 Å². The Morgan fingerprint density at radius 2 is 2.18 bits per heavy atom. The van der Waals surface area contributed by atoms with Crippen LogP contribution in [0.3, 0.4) is 0 Å². The number of pyridine rings is 1. The predicted octanol–water partition coefficient (Wildman–Crippen LogP) is -0.354. The van der Waals surface area contributed by atoms with Crippen molar-refractivity contribution in [3.63, 3.8) is 0 Å². The van der Waals surface area contributed by atoms with Gasteiger partial charge in [-0.25, -0.2) is 0 Å². The van der Waals surface area contributed by atoms with E-state index in [2.05, 4.69) is 10.3 Å². The van der Waals surface area contributed by atoms with Crippen molar-refractivity contribution in [3.8, 4) is 0 Å². The molecule has 2 N–H and O–H groups in total. The van der Waals surface area contributed by atoms with Crippen molar-refractivity contribution in [1.82, 2.24) is 20.1 Å². The zero-order chi connectivity index (χ0) is 15.9. The van der Waals surface area contributed by atoms with Gasteiger partial charge in [-0.1, -0.05) is 0 Å². The molecule has 1 aliphatic heterocycles. The lowest BCUT2D eigenvalue weighted by molar-refractivity contribution is -0.143. The molecule has 1 amide bonds. The number of nitrogens with one attached hydrogen (secondary N) is 1. The molecule has 1 saturated heterocycles. The highest BCUT2D eigenvalue weighted by atomic mass is 16.4. The van der Waals surface area contributed by atoms with E-state index in [1.54, 1.807) is 17.3 Å². The van der Waals surface area contributed by atoms with Crippen molar-refractivity contribution in [2.45, 2.75) is 6.54 Å². The number of aliphatic carboxylic acids is 1. The molecule has 0 radical (unpaired) electrons. The molecule has 0 aliphatic carbocycles. The lowest BCUT2D eigenvalue weighted by Crippen LogP contribution is -2.42. The molecule has 1 atom stereocenters. The second-order valence-corrected chi connectivity index (χ2v) is 5.61. The molecule has 1 aromatic heterocycles. The smallest absolute Gasteiger partial charge is 0.309 e. The highest BCUT2D eigenvalue weighted by Gasteiger charge is 2.26. The Bertz CT molecular complexity index is 509. The van der Waals surface area contributed by atoms with E-state index in [-0.39, 0.29) is 19.0 Å². The molecule has 0 saturated carbocycles. The van der Waals surface area contributed by atoms with E-state index < -0.39 is 11.9 Å². The normalized spacial score (nSPS) is 19.0. The van der Waals surface area contributed by atoms with Gasteiger partial charge in [0, 0.05) is 45.1 Å². The number of likely N-dealkylation sites (N-methyl/N-ethyl adjacent to an activating group) is 1. The zero-order valence-corrected chi connectivity index (χ0v) is 12.7. The summed E-state index contributed by atoms with van der Waals surface area (Å²) in [5.74, 6) is -1.44. The summed E-state index contributed by atoms with van der Waals surface area (Å²) in [5, 5.41) is 12.2. The molecular formula is C15H22N4O3. The lowest BCUT2D eigenvalue weighted by atomic mass is 10.1. The first-order valence-electron chi connectivity index (χ1n) is 7.35. The molecule has 0 aromatic carbocycles. The molecule has 0 unspecified atom stereocenters. The molecular weight excluding hydrogens is 284 g/mol. The molecule has 22 heavy (non-hydrogen) atoms. The average molecular weight is 306 g/mol. The Kier molecular flexibility index (Phi) is 5.85. The van der Waals surface area contributed by atoms with Crippen LogP contribution in [0.5, 0.6) is 0 Å².